The van der Waals surface area contributed by atoms with Gasteiger partial charge in [-0.1, -0.05) is 13.0 Å². The van der Waals surface area contributed by atoms with Crippen molar-refractivity contribution in [1.82, 2.24) is 10.6 Å². The third-order valence-electron chi connectivity index (χ3n) is 3.05. The van der Waals surface area contributed by atoms with Crippen LogP contribution in [0.5, 0.6) is 0 Å². The molecule has 7 heteroatoms. The van der Waals surface area contributed by atoms with E-state index < -0.39 is 0 Å². The van der Waals surface area contributed by atoms with Crippen LogP contribution in [0.2, 0.25) is 0 Å². The topological polar surface area (TPSA) is 62.7 Å². The van der Waals surface area contributed by atoms with Gasteiger partial charge in [-0.25, -0.2) is 0 Å². The largest absolute Gasteiger partial charge is 0.466 e. The van der Waals surface area contributed by atoms with Crippen LogP contribution in [-0.4, -0.2) is 38.2 Å². The number of hydrogen-bond acceptors (Lipinski definition) is 4. The first kappa shape index (κ1) is 22.2. The van der Waals surface area contributed by atoms with E-state index in [-0.39, 0.29) is 29.9 Å². The molecule has 23 heavy (non-hydrogen) atoms. The number of guanidine groups is 1. The fourth-order valence-electron chi connectivity index (χ4n) is 1.90. The number of esters is 1. The van der Waals surface area contributed by atoms with E-state index in [4.69, 9.17) is 4.74 Å². The van der Waals surface area contributed by atoms with E-state index >= 15 is 0 Å². The maximum atomic E-state index is 11.3. The molecule has 0 amide bonds. The van der Waals surface area contributed by atoms with Gasteiger partial charge in [0.05, 0.1) is 13.2 Å². The highest BCUT2D eigenvalue weighted by molar-refractivity contribution is 14.0. The van der Waals surface area contributed by atoms with Crippen LogP contribution in [0, 0.1) is 0 Å². The minimum atomic E-state index is -0.141. The molecule has 0 spiro atoms. The third kappa shape index (κ3) is 9.80. The van der Waals surface area contributed by atoms with Crippen molar-refractivity contribution in [2.45, 2.75) is 39.5 Å². The SMILES string of the molecule is CCNC(=NCC(C)c1cccs1)NCCCC(=O)OCC.I. The monoisotopic (exact) mass is 453 g/mol. The van der Waals surface area contributed by atoms with Crippen molar-refractivity contribution in [2.75, 3.05) is 26.2 Å². The molecule has 1 heterocycles. The van der Waals surface area contributed by atoms with E-state index in [1.54, 1.807) is 11.3 Å². The van der Waals surface area contributed by atoms with Crippen molar-refractivity contribution in [3.8, 4) is 0 Å². The van der Waals surface area contributed by atoms with Gasteiger partial charge in [-0.3, -0.25) is 9.79 Å². The first-order chi connectivity index (χ1) is 10.7. The number of hydrogen-bond donors (Lipinski definition) is 2. The molecule has 0 aromatic carbocycles. The Morgan fingerprint density at radius 1 is 1.39 bits per heavy atom. The molecule has 0 saturated heterocycles. The Morgan fingerprint density at radius 2 is 2.17 bits per heavy atom. The van der Waals surface area contributed by atoms with Crippen molar-refractivity contribution in [2.24, 2.45) is 4.99 Å². The second kappa shape index (κ2) is 13.6. The zero-order chi connectivity index (χ0) is 16.2. The molecule has 1 unspecified atom stereocenters. The fourth-order valence-corrected chi connectivity index (χ4v) is 2.68. The highest BCUT2D eigenvalue weighted by Crippen LogP contribution is 2.20. The first-order valence-corrected chi connectivity index (χ1v) is 8.76. The van der Waals surface area contributed by atoms with E-state index in [9.17, 15) is 4.79 Å². The van der Waals surface area contributed by atoms with Crippen LogP contribution in [0.15, 0.2) is 22.5 Å². The smallest absolute Gasteiger partial charge is 0.305 e. The molecule has 1 aromatic heterocycles. The lowest BCUT2D eigenvalue weighted by Crippen LogP contribution is -2.38. The number of thiophene rings is 1. The standard InChI is InChI=1S/C16H27N3O2S.HI/c1-4-17-16(18-10-6-9-15(20)21-5-2)19-12-13(3)14-8-7-11-22-14;/h7-8,11,13H,4-6,9-10,12H2,1-3H3,(H2,17,18,19);1H. The molecule has 1 atom stereocenters. The van der Waals surface area contributed by atoms with Gasteiger partial charge in [-0.2, -0.15) is 0 Å². The summed E-state index contributed by atoms with van der Waals surface area (Å²) in [6, 6.07) is 4.21. The minimum absolute atomic E-state index is 0. The van der Waals surface area contributed by atoms with Crippen molar-refractivity contribution in [3.05, 3.63) is 22.4 Å². The maximum Gasteiger partial charge on any atom is 0.305 e. The van der Waals surface area contributed by atoms with Gasteiger partial charge in [-0.05, 0) is 31.7 Å². The number of ether oxygens (including phenoxy) is 1. The number of rotatable bonds is 9. The molecule has 0 saturated carbocycles. The summed E-state index contributed by atoms with van der Waals surface area (Å²) in [5, 5.41) is 8.57. The van der Waals surface area contributed by atoms with Gasteiger partial charge in [0.1, 0.15) is 0 Å². The number of aliphatic imine (C=N–C) groups is 1. The van der Waals surface area contributed by atoms with E-state index in [0.29, 0.717) is 25.5 Å². The minimum Gasteiger partial charge on any atom is -0.466 e. The second-order valence-corrected chi connectivity index (χ2v) is 5.95. The average Bonchev–Trinajstić information content (AvgIpc) is 3.03. The van der Waals surface area contributed by atoms with Crippen molar-refractivity contribution in [3.63, 3.8) is 0 Å². The molecule has 2 N–H and O–H groups in total. The first-order valence-electron chi connectivity index (χ1n) is 7.88. The lowest BCUT2D eigenvalue weighted by Gasteiger charge is -2.12. The van der Waals surface area contributed by atoms with E-state index in [1.165, 1.54) is 4.88 Å². The Labute approximate surface area is 160 Å². The molecule has 0 aliphatic carbocycles. The predicted molar refractivity (Wildman–Crippen MR) is 108 cm³/mol. The molecule has 132 valence electrons. The van der Waals surface area contributed by atoms with Crippen molar-refractivity contribution >= 4 is 47.2 Å². The maximum absolute atomic E-state index is 11.3. The molecule has 5 nitrogen and oxygen atoms in total. The number of nitrogens with zero attached hydrogens (tertiary/aromatic N) is 1. The summed E-state index contributed by atoms with van der Waals surface area (Å²) in [5.74, 6) is 1.07. The van der Waals surface area contributed by atoms with Crippen LogP contribution >= 0.6 is 35.3 Å². The van der Waals surface area contributed by atoms with Crippen LogP contribution < -0.4 is 10.6 Å². The highest BCUT2D eigenvalue weighted by atomic mass is 127. The van der Waals surface area contributed by atoms with Crippen molar-refractivity contribution in [1.29, 1.82) is 0 Å². The Hall–Kier alpha value is -0.830. The van der Waals surface area contributed by atoms with Gasteiger partial charge < -0.3 is 15.4 Å². The van der Waals surface area contributed by atoms with Crippen LogP contribution in [0.1, 0.15) is 44.4 Å². The Balaban J connectivity index is 0.00000484. The van der Waals surface area contributed by atoms with Crippen LogP contribution in [-0.2, 0) is 9.53 Å². The number of carbonyl (C=O) groups excluding carboxylic acids is 1. The predicted octanol–water partition coefficient (Wildman–Crippen LogP) is 3.37. The number of nitrogens with one attached hydrogen (secondary N) is 2. The molecule has 0 radical (unpaired) electrons. The number of halogens is 1. The molecule has 0 aliphatic heterocycles. The van der Waals surface area contributed by atoms with Gasteiger partial charge >= 0.3 is 5.97 Å². The molecular weight excluding hydrogens is 425 g/mol. The van der Waals surface area contributed by atoms with Gasteiger partial charge in [0.25, 0.3) is 0 Å². The summed E-state index contributed by atoms with van der Waals surface area (Å²) in [5.41, 5.74) is 0. The van der Waals surface area contributed by atoms with Crippen LogP contribution in [0.25, 0.3) is 0 Å². The fraction of sp³-hybridized carbons (Fsp3) is 0.625. The second-order valence-electron chi connectivity index (χ2n) is 4.97. The zero-order valence-electron chi connectivity index (χ0n) is 14.1. The molecule has 1 aromatic rings. The Bertz CT molecular complexity index is 452. The summed E-state index contributed by atoms with van der Waals surface area (Å²) in [4.78, 5) is 17.2. The molecule has 0 bridgehead atoms. The normalized spacial score (nSPS) is 12.2. The summed E-state index contributed by atoms with van der Waals surface area (Å²) < 4.78 is 4.91. The summed E-state index contributed by atoms with van der Waals surface area (Å²) in [6.07, 6.45) is 1.18. The van der Waals surface area contributed by atoms with E-state index in [1.807, 2.05) is 13.8 Å². The third-order valence-corrected chi connectivity index (χ3v) is 4.16. The lowest BCUT2D eigenvalue weighted by molar-refractivity contribution is -0.143. The van der Waals surface area contributed by atoms with E-state index in [2.05, 4.69) is 40.1 Å². The van der Waals surface area contributed by atoms with Crippen LogP contribution in [0.3, 0.4) is 0 Å². The van der Waals surface area contributed by atoms with Gasteiger partial charge in [0.15, 0.2) is 5.96 Å². The zero-order valence-corrected chi connectivity index (χ0v) is 17.3. The van der Waals surface area contributed by atoms with Gasteiger partial charge in [-0.15, -0.1) is 35.3 Å². The molecule has 0 fully saturated rings. The lowest BCUT2D eigenvalue weighted by atomic mass is 10.1. The summed E-state index contributed by atoms with van der Waals surface area (Å²) >= 11 is 1.76. The quantitative estimate of drug-likeness (QED) is 0.198. The van der Waals surface area contributed by atoms with E-state index in [0.717, 1.165) is 25.5 Å². The Kier molecular flexibility index (Phi) is 13.1. The molecule has 1 rings (SSSR count). The summed E-state index contributed by atoms with van der Waals surface area (Å²) in [7, 11) is 0. The highest BCUT2D eigenvalue weighted by Gasteiger charge is 2.06. The number of carbonyl (C=O) groups is 1. The van der Waals surface area contributed by atoms with Crippen molar-refractivity contribution < 1.29 is 9.53 Å². The van der Waals surface area contributed by atoms with Gasteiger partial charge in [0.2, 0.25) is 0 Å². The average molecular weight is 453 g/mol. The molecular formula is C16H28IN3O2S. The molecule has 0 aliphatic rings. The summed E-state index contributed by atoms with van der Waals surface area (Å²) in [6.45, 7) is 8.75. The van der Waals surface area contributed by atoms with Crippen LogP contribution in [0.4, 0.5) is 0 Å². The van der Waals surface area contributed by atoms with Gasteiger partial charge in [0, 0.05) is 30.3 Å². The Morgan fingerprint density at radius 3 is 2.78 bits per heavy atom.